The van der Waals surface area contributed by atoms with E-state index in [2.05, 4.69) is 15.3 Å². The summed E-state index contributed by atoms with van der Waals surface area (Å²) in [7, 11) is 0. The van der Waals surface area contributed by atoms with Gasteiger partial charge in [-0.2, -0.15) is 0 Å². The summed E-state index contributed by atoms with van der Waals surface area (Å²) < 4.78 is 1.39. The van der Waals surface area contributed by atoms with E-state index < -0.39 is 5.91 Å². The molecule has 0 saturated heterocycles. The van der Waals surface area contributed by atoms with Gasteiger partial charge in [0.25, 0.3) is 11.5 Å². The number of anilines is 1. The molecule has 0 spiro atoms. The SMILES string of the molecule is NC(=O)c1cnc(NC(=O)CCn2cnc3ccccc3c2=O)s1. The van der Waals surface area contributed by atoms with Crippen LogP contribution in [0, 0.1) is 0 Å². The molecule has 0 aliphatic rings. The van der Waals surface area contributed by atoms with Crippen molar-refractivity contribution in [2.75, 3.05) is 5.32 Å². The number of carbonyl (C=O) groups excluding carboxylic acids is 2. The van der Waals surface area contributed by atoms with E-state index >= 15 is 0 Å². The molecule has 0 radical (unpaired) electrons. The monoisotopic (exact) mass is 343 g/mol. The summed E-state index contributed by atoms with van der Waals surface area (Å²) in [5, 5.41) is 3.36. The molecule has 0 atom stereocenters. The number of benzene rings is 1. The first-order valence-corrected chi connectivity index (χ1v) is 7.86. The summed E-state index contributed by atoms with van der Waals surface area (Å²) in [5.74, 6) is -0.915. The zero-order valence-corrected chi connectivity index (χ0v) is 13.2. The molecule has 8 nitrogen and oxygen atoms in total. The van der Waals surface area contributed by atoms with E-state index in [0.717, 1.165) is 11.3 Å². The molecule has 122 valence electrons. The number of aromatic nitrogens is 3. The fourth-order valence-electron chi connectivity index (χ4n) is 2.11. The molecule has 3 N–H and O–H groups in total. The summed E-state index contributed by atoms with van der Waals surface area (Å²) in [4.78, 5) is 43.6. The summed E-state index contributed by atoms with van der Waals surface area (Å²) in [6.45, 7) is 0.191. The minimum Gasteiger partial charge on any atom is -0.365 e. The molecular formula is C15H13N5O3S. The zero-order valence-electron chi connectivity index (χ0n) is 12.4. The number of hydrogen-bond acceptors (Lipinski definition) is 6. The van der Waals surface area contributed by atoms with Crippen LogP contribution in [0.5, 0.6) is 0 Å². The Hall–Kier alpha value is -3.07. The predicted molar refractivity (Wildman–Crippen MR) is 89.9 cm³/mol. The highest BCUT2D eigenvalue weighted by Gasteiger charge is 2.10. The first-order chi connectivity index (χ1) is 11.5. The van der Waals surface area contributed by atoms with Crippen LogP contribution < -0.4 is 16.6 Å². The molecule has 1 aromatic carbocycles. The van der Waals surface area contributed by atoms with E-state index in [-0.39, 0.29) is 34.4 Å². The number of amides is 2. The van der Waals surface area contributed by atoms with E-state index in [9.17, 15) is 14.4 Å². The maximum absolute atomic E-state index is 12.3. The molecule has 0 bridgehead atoms. The minimum atomic E-state index is -0.596. The maximum Gasteiger partial charge on any atom is 0.261 e. The van der Waals surface area contributed by atoms with Gasteiger partial charge >= 0.3 is 0 Å². The van der Waals surface area contributed by atoms with Crippen LogP contribution in [0.15, 0.2) is 41.6 Å². The molecule has 2 heterocycles. The highest BCUT2D eigenvalue weighted by Crippen LogP contribution is 2.17. The Morgan fingerprint density at radius 2 is 2.04 bits per heavy atom. The Balaban J connectivity index is 1.67. The molecule has 0 fully saturated rings. The number of nitrogens with zero attached hydrogens (tertiary/aromatic N) is 3. The highest BCUT2D eigenvalue weighted by molar-refractivity contribution is 7.17. The van der Waals surface area contributed by atoms with Crippen LogP contribution in [-0.2, 0) is 11.3 Å². The lowest BCUT2D eigenvalue weighted by atomic mass is 10.2. The smallest absolute Gasteiger partial charge is 0.261 e. The number of carbonyl (C=O) groups is 2. The van der Waals surface area contributed by atoms with Crippen LogP contribution in [0.1, 0.15) is 16.1 Å². The minimum absolute atomic E-state index is 0.0748. The molecule has 0 unspecified atom stereocenters. The predicted octanol–water partition coefficient (Wildman–Crippen LogP) is 0.981. The number of hydrogen-bond donors (Lipinski definition) is 2. The van der Waals surface area contributed by atoms with Gasteiger partial charge in [0.2, 0.25) is 5.91 Å². The lowest BCUT2D eigenvalue weighted by Gasteiger charge is -2.06. The lowest BCUT2D eigenvalue weighted by molar-refractivity contribution is -0.116. The van der Waals surface area contributed by atoms with Gasteiger partial charge in [0.05, 0.1) is 23.4 Å². The van der Waals surface area contributed by atoms with Gasteiger partial charge in [-0.3, -0.25) is 19.0 Å². The Kier molecular flexibility index (Phi) is 4.34. The molecular weight excluding hydrogens is 330 g/mol. The summed E-state index contributed by atoms with van der Waals surface area (Å²) in [6.07, 6.45) is 2.80. The maximum atomic E-state index is 12.3. The molecule has 3 aromatic rings. The summed E-state index contributed by atoms with van der Waals surface area (Å²) in [5.41, 5.74) is 5.55. The summed E-state index contributed by atoms with van der Waals surface area (Å²) in [6, 6.07) is 7.02. The number of nitrogens with two attached hydrogens (primary N) is 1. The third-order valence-electron chi connectivity index (χ3n) is 3.31. The fourth-order valence-corrected chi connectivity index (χ4v) is 2.80. The largest absolute Gasteiger partial charge is 0.365 e. The van der Waals surface area contributed by atoms with Crippen molar-refractivity contribution in [1.29, 1.82) is 0 Å². The molecule has 24 heavy (non-hydrogen) atoms. The van der Waals surface area contributed by atoms with Gasteiger partial charge in [-0.1, -0.05) is 23.5 Å². The van der Waals surface area contributed by atoms with Crippen LogP contribution in [0.3, 0.4) is 0 Å². The van der Waals surface area contributed by atoms with E-state index in [0.29, 0.717) is 10.9 Å². The Morgan fingerprint density at radius 1 is 1.25 bits per heavy atom. The van der Waals surface area contributed by atoms with Gasteiger partial charge in [-0.05, 0) is 12.1 Å². The number of thiazole rings is 1. The fraction of sp³-hybridized carbons (Fsp3) is 0.133. The van der Waals surface area contributed by atoms with Crippen LogP contribution in [0.4, 0.5) is 5.13 Å². The molecule has 0 saturated carbocycles. The molecule has 0 aliphatic carbocycles. The Labute approximate surface area is 140 Å². The lowest BCUT2D eigenvalue weighted by Crippen LogP contribution is -2.23. The number of para-hydroxylation sites is 1. The first kappa shape index (κ1) is 15.8. The average molecular weight is 343 g/mol. The third kappa shape index (κ3) is 3.30. The molecule has 2 aromatic heterocycles. The Morgan fingerprint density at radius 3 is 2.79 bits per heavy atom. The van der Waals surface area contributed by atoms with E-state index in [1.165, 1.54) is 17.1 Å². The molecule has 2 amide bonds. The average Bonchev–Trinajstić information content (AvgIpc) is 3.03. The van der Waals surface area contributed by atoms with Crippen molar-refractivity contribution in [3.8, 4) is 0 Å². The second-order valence-electron chi connectivity index (χ2n) is 4.95. The number of nitrogens with one attached hydrogen (secondary N) is 1. The quantitative estimate of drug-likeness (QED) is 0.715. The van der Waals surface area contributed by atoms with E-state index in [4.69, 9.17) is 5.73 Å². The van der Waals surface area contributed by atoms with Gasteiger partial charge in [0, 0.05) is 13.0 Å². The van der Waals surface area contributed by atoms with Crippen molar-refractivity contribution in [3.05, 3.63) is 52.0 Å². The zero-order chi connectivity index (χ0) is 17.1. The normalized spacial score (nSPS) is 10.7. The topological polar surface area (TPSA) is 120 Å². The van der Waals surface area contributed by atoms with E-state index in [1.807, 2.05) is 0 Å². The van der Waals surface area contributed by atoms with Gasteiger partial charge in [-0.15, -0.1) is 0 Å². The number of primary amides is 1. The molecule has 3 rings (SSSR count). The molecule has 0 aliphatic heterocycles. The van der Waals surface area contributed by atoms with Crippen molar-refractivity contribution in [1.82, 2.24) is 14.5 Å². The summed E-state index contributed by atoms with van der Waals surface area (Å²) >= 11 is 0.998. The van der Waals surface area contributed by atoms with Crippen LogP contribution in [0.2, 0.25) is 0 Å². The first-order valence-electron chi connectivity index (χ1n) is 7.04. The van der Waals surface area contributed by atoms with Crippen molar-refractivity contribution >= 4 is 39.2 Å². The van der Waals surface area contributed by atoms with Crippen molar-refractivity contribution in [2.45, 2.75) is 13.0 Å². The van der Waals surface area contributed by atoms with Gasteiger partial charge in [-0.25, -0.2) is 9.97 Å². The second kappa shape index (κ2) is 6.59. The van der Waals surface area contributed by atoms with Crippen molar-refractivity contribution in [3.63, 3.8) is 0 Å². The highest BCUT2D eigenvalue weighted by atomic mass is 32.1. The standard InChI is InChI=1S/C15H13N5O3S/c16-13(22)11-7-17-15(24-11)19-12(21)5-6-20-8-18-10-4-2-1-3-9(10)14(20)23/h1-4,7-8H,5-6H2,(H2,16,22)(H,17,19,21). The molecule has 9 heteroatoms. The Bertz CT molecular complexity index is 978. The second-order valence-corrected chi connectivity index (χ2v) is 5.98. The van der Waals surface area contributed by atoms with Gasteiger partial charge in [0.15, 0.2) is 5.13 Å². The number of rotatable bonds is 5. The van der Waals surface area contributed by atoms with Crippen molar-refractivity contribution in [2.24, 2.45) is 5.73 Å². The van der Waals surface area contributed by atoms with Gasteiger partial charge < -0.3 is 11.1 Å². The van der Waals surface area contributed by atoms with Crippen LogP contribution >= 0.6 is 11.3 Å². The van der Waals surface area contributed by atoms with Crippen molar-refractivity contribution < 1.29 is 9.59 Å². The number of aryl methyl sites for hydroxylation is 1. The number of fused-ring (bicyclic) bond motifs is 1. The third-order valence-corrected chi connectivity index (χ3v) is 4.23. The van der Waals surface area contributed by atoms with Crippen LogP contribution in [-0.4, -0.2) is 26.3 Å². The van der Waals surface area contributed by atoms with E-state index in [1.54, 1.807) is 24.3 Å². The van der Waals surface area contributed by atoms with Gasteiger partial charge in [0.1, 0.15) is 4.88 Å². The van der Waals surface area contributed by atoms with Crippen LogP contribution in [0.25, 0.3) is 10.9 Å².